The fourth-order valence-electron chi connectivity index (χ4n) is 1.68. The molecule has 0 aromatic carbocycles. The lowest BCUT2D eigenvalue weighted by atomic mass is 10.3. The van der Waals surface area contributed by atoms with Crippen LogP contribution < -0.4 is 10.2 Å². The van der Waals surface area contributed by atoms with Gasteiger partial charge in [0.25, 0.3) is 0 Å². The average molecular weight is 281 g/mol. The minimum atomic E-state index is 0.535. The number of aromatic nitrogens is 2. The summed E-state index contributed by atoms with van der Waals surface area (Å²) >= 11 is 6.15. The summed E-state index contributed by atoms with van der Waals surface area (Å²) in [5, 5.41) is 3.68. The molecule has 0 atom stereocenters. The summed E-state index contributed by atoms with van der Waals surface area (Å²) in [5.74, 6) is 1.30. The lowest BCUT2D eigenvalue weighted by molar-refractivity contribution is 0.563. The smallest absolute Gasteiger partial charge is 0.224 e. The van der Waals surface area contributed by atoms with E-state index in [0.717, 1.165) is 18.5 Å². The van der Waals surface area contributed by atoms with Crippen LogP contribution in [0.3, 0.4) is 0 Å². The molecule has 6 heteroatoms. The molecular formula is C13H17ClN4O. The molecule has 1 N–H and O–H groups in total. The Bertz CT molecular complexity index is 515. The SMILES string of the molecule is CCCNc1ncc(Cl)c(N(C)Cc2ccoc2)n1. The van der Waals surface area contributed by atoms with Crippen LogP contribution in [0.2, 0.25) is 5.02 Å². The minimum absolute atomic E-state index is 0.535. The summed E-state index contributed by atoms with van der Waals surface area (Å²) in [7, 11) is 1.94. The summed E-state index contributed by atoms with van der Waals surface area (Å²) < 4.78 is 5.05. The van der Waals surface area contributed by atoms with Crippen molar-refractivity contribution in [1.29, 1.82) is 0 Å². The quantitative estimate of drug-likeness (QED) is 0.881. The van der Waals surface area contributed by atoms with Crippen molar-refractivity contribution in [3.8, 4) is 0 Å². The van der Waals surface area contributed by atoms with Gasteiger partial charge in [-0.25, -0.2) is 4.98 Å². The second kappa shape index (κ2) is 6.43. The van der Waals surface area contributed by atoms with Crippen LogP contribution in [0.4, 0.5) is 11.8 Å². The first-order chi connectivity index (χ1) is 9.20. The van der Waals surface area contributed by atoms with E-state index in [0.29, 0.717) is 23.3 Å². The molecule has 2 rings (SSSR count). The number of nitrogens with one attached hydrogen (secondary N) is 1. The normalized spacial score (nSPS) is 10.5. The molecule has 0 aliphatic carbocycles. The Morgan fingerprint density at radius 1 is 1.47 bits per heavy atom. The van der Waals surface area contributed by atoms with Crippen LogP contribution in [0.5, 0.6) is 0 Å². The van der Waals surface area contributed by atoms with E-state index in [1.807, 2.05) is 18.0 Å². The zero-order chi connectivity index (χ0) is 13.7. The van der Waals surface area contributed by atoms with Gasteiger partial charge in [-0.05, 0) is 12.5 Å². The molecule has 0 fully saturated rings. The standard InChI is InChI=1S/C13H17ClN4O/c1-3-5-15-13-16-7-11(14)12(17-13)18(2)8-10-4-6-19-9-10/h4,6-7,9H,3,5,8H2,1-2H3,(H,15,16,17). The number of hydrogen-bond acceptors (Lipinski definition) is 5. The number of nitrogens with zero attached hydrogens (tertiary/aromatic N) is 3. The summed E-state index contributed by atoms with van der Waals surface area (Å²) in [5.41, 5.74) is 1.07. The second-order valence-corrected chi connectivity index (χ2v) is 4.69. The molecule has 0 aliphatic heterocycles. The van der Waals surface area contributed by atoms with E-state index in [1.54, 1.807) is 18.7 Å². The topological polar surface area (TPSA) is 54.2 Å². The first-order valence-electron chi connectivity index (χ1n) is 6.19. The first kappa shape index (κ1) is 13.7. The zero-order valence-electron chi connectivity index (χ0n) is 11.1. The predicted octanol–water partition coefficient (Wildman–Crippen LogP) is 3.18. The second-order valence-electron chi connectivity index (χ2n) is 4.28. The lowest BCUT2D eigenvalue weighted by Gasteiger charge is -2.19. The molecule has 19 heavy (non-hydrogen) atoms. The van der Waals surface area contributed by atoms with Crippen molar-refractivity contribution in [3.63, 3.8) is 0 Å². The van der Waals surface area contributed by atoms with E-state index in [4.69, 9.17) is 16.0 Å². The number of rotatable bonds is 6. The van der Waals surface area contributed by atoms with Crippen LogP contribution >= 0.6 is 11.6 Å². The van der Waals surface area contributed by atoms with Gasteiger partial charge in [0.1, 0.15) is 5.02 Å². The van der Waals surface area contributed by atoms with E-state index in [-0.39, 0.29) is 0 Å². The van der Waals surface area contributed by atoms with Crippen LogP contribution in [-0.4, -0.2) is 23.6 Å². The van der Waals surface area contributed by atoms with Gasteiger partial charge in [0.05, 0.1) is 18.7 Å². The molecule has 0 aliphatic rings. The van der Waals surface area contributed by atoms with Crippen molar-refractivity contribution in [2.24, 2.45) is 0 Å². The van der Waals surface area contributed by atoms with E-state index >= 15 is 0 Å². The fourth-order valence-corrected chi connectivity index (χ4v) is 1.91. The molecule has 0 bridgehead atoms. The summed E-state index contributed by atoms with van der Waals surface area (Å²) in [6.07, 6.45) is 6.00. The van der Waals surface area contributed by atoms with Crippen LogP contribution in [0, 0.1) is 0 Å². The number of hydrogen-bond donors (Lipinski definition) is 1. The van der Waals surface area contributed by atoms with Gasteiger partial charge in [-0.2, -0.15) is 4.98 Å². The van der Waals surface area contributed by atoms with Crippen molar-refractivity contribution in [1.82, 2.24) is 9.97 Å². The van der Waals surface area contributed by atoms with Crippen LogP contribution in [0.1, 0.15) is 18.9 Å². The maximum Gasteiger partial charge on any atom is 0.224 e. The first-order valence-corrected chi connectivity index (χ1v) is 6.57. The zero-order valence-corrected chi connectivity index (χ0v) is 11.8. The third-order valence-electron chi connectivity index (χ3n) is 2.62. The largest absolute Gasteiger partial charge is 0.472 e. The van der Waals surface area contributed by atoms with Crippen molar-refractivity contribution >= 4 is 23.4 Å². The highest BCUT2D eigenvalue weighted by molar-refractivity contribution is 6.32. The van der Waals surface area contributed by atoms with E-state index < -0.39 is 0 Å². The van der Waals surface area contributed by atoms with Gasteiger partial charge < -0.3 is 14.6 Å². The predicted molar refractivity (Wildman–Crippen MR) is 76.6 cm³/mol. The minimum Gasteiger partial charge on any atom is -0.472 e. The van der Waals surface area contributed by atoms with Gasteiger partial charge in [-0.3, -0.25) is 0 Å². The number of furan rings is 1. The molecule has 0 spiro atoms. The highest BCUT2D eigenvalue weighted by atomic mass is 35.5. The van der Waals surface area contributed by atoms with Crippen LogP contribution in [0.25, 0.3) is 0 Å². The Hall–Kier alpha value is -1.75. The Morgan fingerprint density at radius 3 is 3.00 bits per heavy atom. The molecule has 0 unspecified atom stereocenters. The molecule has 0 saturated carbocycles. The van der Waals surface area contributed by atoms with E-state index in [2.05, 4.69) is 22.2 Å². The van der Waals surface area contributed by atoms with Crippen molar-refractivity contribution in [2.75, 3.05) is 23.8 Å². The van der Waals surface area contributed by atoms with Gasteiger partial charge in [-0.1, -0.05) is 18.5 Å². The van der Waals surface area contributed by atoms with E-state index in [1.165, 1.54) is 0 Å². The maximum absolute atomic E-state index is 6.15. The molecule has 0 amide bonds. The molecule has 2 aromatic rings. The van der Waals surface area contributed by atoms with Crippen molar-refractivity contribution in [3.05, 3.63) is 35.4 Å². The van der Waals surface area contributed by atoms with Gasteiger partial charge in [-0.15, -0.1) is 0 Å². The Labute approximate surface area is 117 Å². The Morgan fingerprint density at radius 2 is 2.32 bits per heavy atom. The maximum atomic E-state index is 6.15. The Kier molecular flexibility index (Phi) is 4.63. The monoisotopic (exact) mass is 280 g/mol. The average Bonchev–Trinajstić information content (AvgIpc) is 2.90. The molecular weight excluding hydrogens is 264 g/mol. The van der Waals surface area contributed by atoms with Gasteiger partial charge >= 0.3 is 0 Å². The number of halogens is 1. The number of anilines is 2. The van der Waals surface area contributed by atoms with E-state index in [9.17, 15) is 0 Å². The van der Waals surface area contributed by atoms with Crippen molar-refractivity contribution in [2.45, 2.75) is 19.9 Å². The lowest BCUT2D eigenvalue weighted by Crippen LogP contribution is -2.19. The fraction of sp³-hybridized carbons (Fsp3) is 0.385. The summed E-state index contributed by atoms with van der Waals surface area (Å²) in [4.78, 5) is 10.6. The molecule has 2 aromatic heterocycles. The molecule has 5 nitrogen and oxygen atoms in total. The summed E-state index contributed by atoms with van der Waals surface area (Å²) in [6, 6.07) is 1.92. The molecule has 102 valence electrons. The van der Waals surface area contributed by atoms with Gasteiger partial charge in [0, 0.05) is 25.7 Å². The third-order valence-corrected chi connectivity index (χ3v) is 2.89. The molecule has 0 radical (unpaired) electrons. The highest BCUT2D eigenvalue weighted by Gasteiger charge is 2.11. The Balaban J connectivity index is 2.13. The van der Waals surface area contributed by atoms with Crippen molar-refractivity contribution < 1.29 is 4.42 Å². The van der Waals surface area contributed by atoms with Crippen LogP contribution in [0.15, 0.2) is 29.2 Å². The highest BCUT2D eigenvalue weighted by Crippen LogP contribution is 2.24. The third kappa shape index (κ3) is 3.61. The molecule has 0 saturated heterocycles. The van der Waals surface area contributed by atoms with Gasteiger partial charge in [0.2, 0.25) is 5.95 Å². The summed E-state index contributed by atoms with van der Waals surface area (Å²) in [6.45, 7) is 3.61. The molecule has 2 heterocycles. The van der Waals surface area contributed by atoms with Gasteiger partial charge in [0.15, 0.2) is 5.82 Å². The van der Waals surface area contributed by atoms with Crippen LogP contribution in [-0.2, 0) is 6.54 Å².